The van der Waals surface area contributed by atoms with E-state index in [1.807, 2.05) is 20.8 Å². The lowest BCUT2D eigenvalue weighted by molar-refractivity contribution is -0.119. The second-order valence-electron chi connectivity index (χ2n) is 4.83. The molecule has 1 aromatic rings. The fourth-order valence-corrected chi connectivity index (χ4v) is 2.97. The first kappa shape index (κ1) is 15.7. The van der Waals surface area contributed by atoms with Gasteiger partial charge in [0.15, 0.2) is 9.84 Å². The summed E-state index contributed by atoms with van der Waals surface area (Å²) in [5, 5.41) is 2.70. The van der Waals surface area contributed by atoms with Gasteiger partial charge >= 0.3 is 0 Å². The quantitative estimate of drug-likeness (QED) is 0.869. The first-order valence-corrected chi connectivity index (χ1v) is 8.09. The van der Waals surface area contributed by atoms with E-state index in [-0.39, 0.29) is 10.9 Å². The van der Waals surface area contributed by atoms with Crippen LogP contribution in [0, 0.1) is 6.92 Å². The van der Waals surface area contributed by atoms with Crippen LogP contribution in [0.1, 0.15) is 32.3 Å². The molecule has 0 radical (unpaired) electrons. The van der Waals surface area contributed by atoms with E-state index in [0.717, 1.165) is 18.4 Å². The number of rotatable bonds is 6. The van der Waals surface area contributed by atoms with Gasteiger partial charge in [0.2, 0.25) is 5.91 Å². The monoisotopic (exact) mass is 283 g/mol. The maximum Gasteiger partial charge on any atom is 0.235 e. The smallest absolute Gasteiger partial charge is 0.235 e. The van der Waals surface area contributed by atoms with E-state index in [0.29, 0.717) is 0 Å². The van der Waals surface area contributed by atoms with E-state index in [1.54, 1.807) is 12.1 Å². The third-order valence-electron chi connectivity index (χ3n) is 2.83. The molecule has 0 bridgehead atoms. The molecule has 1 unspecified atom stereocenters. The molecule has 5 heteroatoms. The molecule has 0 aliphatic heterocycles. The Morgan fingerprint density at radius 2 is 1.84 bits per heavy atom. The van der Waals surface area contributed by atoms with Crippen LogP contribution >= 0.6 is 0 Å². The van der Waals surface area contributed by atoms with Crippen LogP contribution in [-0.4, -0.2) is 26.1 Å². The van der Waals surface area contributed by atoms with Crippen LogP contribution in [0.5, 0.6) is 0 Å². The summed E-state index contributed by atoms with van der Waals surface area (Å²) in [4.78, 5) is 11.9. The average molecular weight is 283 g/mol. The van der Waals surface area contributed by atoms with Crippen LogP contribution in [0.25, 0.3) is 0 Å². The van der Waals surface area contributed by atoms with Crippen molar-refractivity contribution >= 4 is 15.7 Å². The highest BCUT2D eigenvalue weighted by Crippen LogP contribution is 2.12. The molecule has 106 valence electrons. The van der Waals surface area contributed by atoms with Gasteiger partial charge in [0, 0.05) is 6.04 Å². The van der Waals surface area contributed by atoms with Gasteiger partial charge in [0.05, 0.1) is 4.90 Å². The molecule has 0 spiro atoms. The largest absolute Gasteiger partial charge is 0.353 e. The van der Waals surface area contributed by atoms with Gasteiger partial charge in [-0.1, -0.05) is 31.0 Å². The molecule has 1 rings (SSSR count). The summed E-state index contributed by atoms with van der Waals surface area (Å²) in [5.41, 5.74) is 0.986. The van der Waals surface area contributed by atoms with Crippen molar-refractivity contribution in [1.29, 1.82) is 0 Å². The van der Waals surface area contributed by atoms with Gasteiger partial charge < -0.3 is 5.32 Å². The molecule has 0 aliphatic rings. The SMILES string of the molecule is CCCC(C)NC(=O)CS(=O)(=O)c1ccc(C)cc1. The van der Waals surface area contributed by atoms with Crippen LogP contribution in [0.3, 0.4) is 0 Å². The molecule has 0 aromatic heterocycles. The maximum atomic E-state index is 12.0. The third kappa shape index (κ3) is 5.03. The summed E-state index contributed by atoms with van der Waals surface area (Å²) in [6.45, 7) is 5.78. The first-order chi connectivity index (χ1) is 8.85. The fourth-order valence-electron chi connectivity index (χ4n) is 1.82. The van der Waals surface area contributed by atoms with Crippen LogP contribution < -0.4 is 5.32 Å². The summed E-state index contributed by atoms with van der Waals surface area (Å²) in [5.74, 6) is -0.939. The van der Waals surface area contributed by atoms with Crippen molar-refractivity contribution in [2.75, 3.05) is 5.75 Å². The van der Waals surface area contributed by atoms with E-state index in [1.165, 1.54) is 12.1 Å². The first-order valence-electron chi connectivity index (χ1n) is 6.44. The molecule has 1 atom stereocenters. The zero-order valence-electron chi connectivity index (χ0n) is 11.6. The van der Waals surface area contributed by atoms with Crippen molar-refractivity contribution in [2.24, 2.45) is 0 Å². The fraction of sp³-hybridized carbons (Fsp3) is 0.500. The van der Waals surface area contributed by atoms with E-state index in [2.05, 4.69) is 5.32 Å². The third-order valence-corrected chi connectivity index (χ3v) is 4.46. The number of hydrogen-bond acceptors (Lipinski definition) is 3. The summed E-state index contributed by atoms with van der Waals surface area (Å²) in [7, 11) is -3.55. The molecule has 4 nitrogen and oxygen atoms in total. The number of benzene rings is 1. The van der Waals surface area contributed by atoms with Gasteiger partial charge in [-0.2, -0.15) is 0 Å². The van der Waals surface area contributed by atoms with Gasteiger partial charge in [-0.15, -0.1) is 0 Å². The van der Waals surface area contributed by atoms with Gasteiger partial charge in [-0.05, 0) is 32.4 Å². The number of aryl methyl sites for hydroxylation is 1. The molecule has 0 heterocycles. The molecule has 0 fully saturated rings. The summed E-state index contributed by atoms with van der Waals surface area (Å²) < 4.78 is 24.1. The molecular weight excluding hydrogens is 262 g/mol. The van der Waals surface area contributed by atoms with Crippen molar-refractivity contribution in [3.05, 3.63) is 29.8 Å². The number of hydrogen-bond donors (Lipinski definition) is 1. The summed E-state index contributed by atoms with van der Waals surface area (Å²) in [6, 6.07) is 6.53. The van der Waals surface area contributed by atoms with Crippen molar-refractivity contribution < 1.29 is 13.2 Å². The molecule has 1 amide bonds. The molecule has 0 saturated carbocycles. The molecule has 1 N–H and O–H groups in total. The number of sulfone groups is 1. The summed E-state index contributed by atoms with van der Waals surface area (Å²) in [6.07, 6.45) is 1.79. The Hall–Kier alpha value is -1.36. The minimum absolute atomic E-state index is 0.00529. The number of carbonyl (C=O) groups excluding carboxylic acids is 1. The highest BCUT2D eigenvalue weighted by molar-refractivity contribution is 7.92. The summed E-state index contributed by atoms with van der Waals surface area (Å²) >= 11 is 0. The minimum Gasteiger partial charge on any atom is -0.353 e. The van der Waals surface area contributed by atoms with Gasteiger partial charge in [0.25, 0.3) is 0 Å². The second kappa shape index (κ2) is 6.70. The predicted octanol–water partition coefficient (Wildman–Crippen LogP) is 2.07. The molecule has 1 aromatic carbocycles. The molecule has 19 heavy (non-hydrogen) atoms. The lowest BCUT2D eigenvalue weighted by Gasteiger charge is -2.12. The van der Waals surface area contributed by atoms with Gasteiger partial charge in [-0.25, -0.2) is 8.42 Å². The number of nitrogens with one attached hydrogen (secondary N) is 1. The van der Waals surface area contributed by atoms with E-state index >= 15 is 0 Å². The van der Waals surface area contributed by atoms with Gasteiger partial charge in [-0.3, -0.25) is 4.79 Å². The van der Waals surface area contributed by atoms with Crippen LogP contribution in [-0.2, 0) is 14.6 Å². The van der Waals surface area contributed by atoms with E-state index in [9.17, 15) is 13.2 Å². The molecule has 0 aliphatic carbocycles. The Balaban J connectivity index is 2.69. The van der Waals surface area contributed by atoms with Crippen molar-refractivity contribution in [3.8, 4) is 0 Å². The number of carbonyl (C=O) groups is 1. The van der Waals surface area contributed by atoms with Crippen molar-refractivity contribution in [3.63, 3.8) is 0 Å². The zero-order chi connectivity index (χ0) is 14.5. The highest BCUT2D eigenvalue weighted by atomic mass is 32.2. The highest BCUT2D eigenvalue weighted by Gasteiger charge is 2.19. The Bertz CT molecular complexity index is 520. The Kier molecular flexibility index (Phi) is 5.54. The van der Waals surface area contributed by atoms with Gasteiger partial charge in [0.1, 0.15) is 5.75 Å². The maximum absolute atomic E-state index is 12.0. The van der Waals surface area contributed by atoms with Crippen molar-refractivity contribution in [2.45, 2.75) is 44.6 Å². The Morgan fingerprint density at radius 3 is 2.37 bits per heavy atom. The van der Waals surface area contributed by atoms with Crippen molar-refractivity contribution in [1.82, 2.24) is 5.32 Å². The van der Waals surface area contributed by atoms with Crippen LogP contribution in [0.4, 0.5) is 0 Å². The standard InChI is InChI=1S/C14H21NO3S/c1-4-5-12(3)15-14(16)10-19(17,18)13-8-6-11(2)7-9-13/h6-9,12H,4-5,10H2,1-3H3,(H,15,16). The number of amides is 1. The normalized spacial score (nSPS) is 13.0. The lowest BCUT2D eigenvalue weighted by atomic mass is 10.2. The van der Waals surface area contributed by atoms with E-state index < -0.39 is 21.5 Å². The Morgan fingerprint density at radius 1 is 1.26 bits per heavy atom. The Labute approximate surface area is 115 Å². The zero-order valence-corrected chi connectivity index (χ0v) is 12.5. The topological polar surface area (TPSA) is 63.2 Å². The second-order valence-corrected chi connectivity index (χ2v) is 6.82. The molecule has 0 saturated heterocycles. The average Bonchev–Trinajstić information content (AvgIpc) is 2.28. The lowest BCUT2D eigenvalue weighted by Crippen LogP contribution is -2.36. The van der Waals surface area contributed by atoms with E-state index in [4.69, 9.17) is 0 Å². The minimum atomic E-state index is -3.55. The molecular formula is C14H21NO3S. The van der Waals surface area contributed by atoms with Crippen LogP contribution in [0.15, 0.2) is 29.2 Å². The predicted molar refractivity (Wildman–Crippen MR) is 75.7 cm³/mol. The van der Waals surface area contributed by atoms with Crippen LogP contribution in [0.2, 0.25) is 0 Å².